The van der Waals surface area contributed by atoms with Crippen LogP contribution < -0.4 is 5.32 Å². The van der Waals surface area contributed by atoms with Gasteiger partial charge < -0.3 is 5.32 Å². The van der Waals surface area contributed by atoms with E-state index in [-0.39, 0.29) is 11.6 Å². The third-order valence-electron chi connectivity index (χ3n) is 3.47. The number of benzene rings is 1. The highest BCUT2D eigenvalue weighted by molar-refractivity contribution is 6.03. The van der Waals surface area contributed by atoms with Crippen molar-refractivity contribution in [3.05, 3.63) is 67.0 Å². The third-order valence-corrected chi connectivity index (χ3v) is 3.47. The van der Waals surface area contributed by atoms with Gasteiger partial charge in [-0.1, -0.05) is 12.1 Å². The van der Waals surface area contributed by atoms with Crippen molar-refractivity contribution in [3.8, 4) is 17.1 Å². The van der Waals surface area contributed by atoms with Crippen LogP contribution in [0.25, 0.3) is 17.1 Å². The van der Waals surface area contributed by atoms with Gasteiger partial charge in [0.1, 0.15) is 12.7 Å². The number of H-pyrrole nitrogens is 1. The van der Waals surface area contributed by atoms with Crippen LogP contribution in [-0.2, 0) is 0 Å². The molecule has 3 heterocycles. The van der Waals surface area contributed by atoms with Crippen LogP contribution in [0.15, 0.2) is 61.3 Å². The molecule has 4 aromatic rings. The summed E-state index contributed by atoms with van der Waals surface area (Å²) >= 11 is 0. The average Bonchev–Trinajstić information content (AvgIpc) is 3.36. The van der Waals surface area contributed by atoms with E-state index in [1.54, 1.807) is 24.4 Å². The lowest BCUT2D eigenvalue weighted by molar-refractivity contribution is 0.102. The number of aromatic amines is 1. The minimum Gasteiger partial charge on any atom is -0.321 e. The van der Waals surface area contributed by atoms with Crippen molar-refractivity contribution in [3.63, 3.8) is 0 Å². The normalized spacial score (nSPS) is 10.6. The Morgan fingerprint density at radius 1 is 1.12 bits per heavy atom. The van der Waals surface area contributed by atoms with Crippen molar-refractivity contribution in [2.75, 3.05) is 5.32 Å². The number of hydrogen-bond donors (Lipinski definition) is 2. The maximum Gasteiger partial charge on any atom is 0.276 e. The Bertz CT molecular complexity index is 977. The van der Waals surface area contributed by atoms with Crippen molar-refractivity contribution in [2.24, 2.45) is 0 Å². The number of carbonyl (C=O) groups is 1. The number of nitrogens with one attached hydrogen (secondary N) is 2. The number of amides is 1. The minimum atomic E-state index is -0.348. The molecule has 0 atom stereocenters. The molecular formula is C16H12N8O. The van der Waals surface area contributed by atoms with Gasteiger partial charge in [-0.3, -0.25) is 9.89 Å². The molecule has 0 bridgehead atoms. The Morgan fingerprint density at radius 2 is 2.08 bits per heavy atom. The van der Waals surface area contributed by atoms with Gasteiger partial charge >= 0.3 is 0 Å². The van der Waals surface area contributed by atoms with Crippen molar-refractivity contribution in [1.29, 1.82) is 0 Å². The first-order chi connectivity index (χ1) is 12.3. The van der Waals surface area contributed by atoms with Crippen molar-refractivity contribution < 1.29 is 4.79 Å². The van der Waals surface area contributed by atoms with Gasteiger partial charge in [-0.05, 0) is 30.3 Å². The number of rotatable bonds is 4. The van der Waals surface area contributed by atoms with E-state index in [0.717, 1.165) is 11.3 Å². The summed E-state index contributed by atoms with van der Waals surface area (Å²) in [4.78, 5) is 16.2. The monoisotopic (exact) mass is 332 g/mol. The Morgan fingerprint density at radius 3 is 2.80 bits per heavy atom. The van der Waals surface area contributed by atoms with Crippen molar-refractivity contribution >= 4 is 11.6 Å². The predicted molar refractivity (Wildman–Crippen MR) is 88.9 cm³/mol. The van der Waals surface area contributed by atoms with Gasteiger partial charge in [0, 0.05) is 17.4 Å². The zero-order chi connectivity index (χ0) is 17.1. The molecule has 122 valence electrons. The third kappa shape index (κ3) is 3.11. The fourth-order valence-electron chi connectivity index (χ4n) is 2.27. The maximum atomic E-state index is 12.3. The number of aromatic nitrogens is 7. The first-order valence-corrected chi connectivity index (χ1v) is 7.39. The van der Waals surface area contributed by atoms with Crippen molar-refractivity contribution in [2.45, 2.75) is 0 Å². The molecule has 1 aromatic carbocycles. The van der Waals surface area contributed by atoms with E-state index >= 15 is 0 Å². The molecular weight excluding hydrogens is 320 g/mol. The van der Waals surface area contributed by atoms with Crippen LogP contribution in [0.4, 0.5) is 5.69 Å². The molecule has 0 saturated carbocycles. The van der Waals surface area contributed by atoms with Gasteiger partial charge in [0.15, 0.2) is 11.5 Å². The summed E-state index contributed by atoms with van der Waals surface area (Å²) in [6.07, 6.45) is 4.58. The van der Waals surface area contributed by atoms with E-state index in [1.165, 1.54) is 17.3 Å². The zero-order valence-electron chi connectivity index (χ0n) is 12.9. The van der Waals surface area contributed by atoms with Crippen LogP contribution in [0.5, 0.6) is 0 Å². The molecule has 0 spiro atoms. The SMILES string of the molecule is O=C(Nc1cccc(-c2ccn[nH]2)c1)c1ccc(-n2cncn2)nn1. The minimum absolute atomic E-state index is 0.204. The molecule has 0 aliphatic rings. The molecule has 9 nitrogen and oxygen atoms in total. The standard InChI is InChI=1S/C16H12N8O/c25-16(14-4-5-15(23-22-14)24-10-17-9-19-24)20-12-3-1-2-11(8-12)13-6-7-18-21-13/h1-10H,(H,18,21)(H,20,25). The molecule has 0 saturated heterocycles. The van der Waals surface area contributed by atoms with E-state index in [0.29, 0.717) is 11.5 Å². The first-order valence-electron chi connectivity index (χ1n) is 7.39. The van der Waals surface area contributed by atoms with Crippen LogP contribution in [0, 0.1) is 0 Å². The highest BCUT2D eigenvalue weighted by Crippen LogP contribution is 2.20. The fraction of sp³-hybridized carbons (Fsp3) is 0. The van der Waals surface area contributed by atoms with Gasteiger partial charge in [-0.2, -0.15) is 10.2 Å². The second-order valence-electron chi connectivity index (χ2n) is 5.12. The highest BCUT2D eigenvalue weighted by atomic mass is 16.1. The summed E-state index contributed by atoms with van der Waals surface area (Å²) in [6, 6.07) is 12.5. The largest absolute Gasteiger partial charge is 0.321 e. The van der Waals surface area contributed by atoms with E-state index in [1.807, 2.05) is 24.3 Å². The molecule has 25 heavy (non-hydrogen) atoms. The summed E-state index contributed by atoms with van der Waals surface area (Å²) in [5.74, 6) is 0.134. The smallest absolute Gasteiger partial charge is 0.276 e. The number of hydrogen-bond acceptors (Lipinski definition) is 6. The van der Waals surface area contributed by atoms with Crippen LogP contribution in [-0.4, -0.2) is 41.1 Å². The van der Waals surface area contributed by atoms with Gasteiger partial charge in [0.25, 0.3) is 5.91 Å². The second-order valence-corrected chi connectivity index (χ2v) is 5.12. The van der Waals surface area contributed by atoms with E-state index in [2.05, 4.69) is 35.8 Å². The van der Waals surface area contributed by atoms with Gasteiger partial charge in [-0.15, -0.1) is 10.2 Å². The van der Waals surface area contributed by atoms with Crippen LogP contribution in [0.3, 0.4) is 0 Å². The van der Waals surface area contributed by atoms with Crippen LogP contribution in [0.1, 0.15) is 10.5 Å². The topological polar surface area (TPSA) is 114 Å². The fourth-order valence-corrected chi connectivity index (χ4v) is 2.27. The lowest BCUT2D eigenvalue weighted by Crippen LogP contribution is -2.15. The predicted octanol–water partition coefficient (Wildman–Crippen LogP) is 1.70. The maximum absolute atomic E-state index is 12.3. The zero-order valence-corrected chi connectivity index (χ0v) is 12.9. The molecule has 0 radical (unpaired) electrons. The summed E-state index contributed by atoms with van der Waals surface area (Å²) < 4.78 is 1.46. The molecule has 2 N–H and O–H groups in total. The summed E-state index contributed by atoms with van der Waals surface area (Å²) in [5.41, 5.74) is 2.64. The van der Waals surface area contributed by atoms with Crippen LogP contribution in [0.2, 0.25) is 0 Å². The van der Waals surface area contributed by atoms with E-state index in [4.69, 9.17) is 0 Å². The summed E-state index contributed by atoms with van der Waals surface area (Å²) in [7, 11) is 0. The van der Waals surface area contributed by atoms with Gasteiger partial charge in [0.2, 0.25) is 0 Å². The number of anilines is 1. The van der Waals surface area contributed by atoms with Crippen molar-refractivity contribution in [1.82, 2.24) is 35.2 Å². The molecule has 9 heteroatoms. The molecule has 4 rings (SSSR count). The molecule has 3 aromatic heterocycles. The van der Waals surface area contributed by atoms with Crippen LogP contribution >= 0.6 is 0 Å². The highest BCUT2D eigenvalue weighted by Gasteiger charge is 2.10. The quantitative estimate of drug-likeness (QED) is 0.588. The molecule has 0 unspecified atom stereocenters. The Hall–Kier alpha value is -3.88. The van der Waals surface area contributed by atoms with Gasteiger partial charge in [0.05, 0.1) is 5.69 Å². The van der Waals surface area contributed by atoms with E-state index in [9.17, 15) is 4.79 Å². The Labute approximate surface area is 141 Å². The number of carbonyl (C=O) groups excluding carboxylic acids is 1. The Balaban J connectivity index is 1.51. The average molecular weight is 332 g/mol. The Kier molecular flexibility index (Phi) is 3.71. The second kappa shape index (κ2) is 6.32. The number of nitrogens with zero attached hydrogens (tertiary/aromatic N) is 6. The summed E-state index contributed by atoms with van der Waals surface area (Å²) in [6.45, 7) is 0. The first kappa shape index (κ1) is 14.7. The lowest BCUT2D eigenvalue weighted by Gasteiger charge is -2.06. The molecule has 0 fully saturated rings. The molecule has 0 aliphatic carbocycles. The lowest BCUT2D eigenvalue weighted by atomic mass is 10.1. The van der Waals surface area contributed by atoms with Gasteiger partial charge in [-0.25, -0.2) is 9.67 Å². The molecule has 1 amide bonds. The van der Waals surface area contributed by atoms with E-state index < -0.39 is 0 Å². The molecule has 0 aliphatic heterocycles. The summed E-state index contributed by atoms with van der Waals surface area (Å²) in [5, 5.41) is 21.5.